The second-order valence-corrected chi connectivity index (χ2v) is 8.27. The predicted octanol–water partition coefficient (Wildman–Crippen LogP) is 0.927. The maximum atomic E-state index is 12.0. The first-order valence-corrected chi connectivity index (χ1v) is 10.0. The number of nitrogens with one attached hydrogen (secondary N) is 2. The van der Waals surface area contributed by atoms with Crippen LogP contribution in [0.2, 0.25) is 0 Å². The van der Waals surface area contributed by atoms with Gasteiger partial charge >= 0.3 is 0 Å². The number of hydrogen-bond donors (Lipinski definition) is 2. The summed E-state index contributed by atoms with van der Waals surface area (Å²) in [4.78, 5) is 25.4. The maximum absolute atomic E-state index is 12.0. The molecule has 0 saturated carbocycles. The molecule has 0 aromatic heterocycles. The maximum Gasteiger partial charge on any atom is 0.239 e. The fourth-order valence-electron chi connectivity index (χ4n) is 5.21. The van der Waals surface area contributed by atoms with Crippen LogP contribution < -0.4 is 15.4 Å². The molecule has 1 spiro atoms. The first-order valence-electron chi connectivity index (χ1n) is 10.0. The Bertz CT molecular complexity index is 755. The lowest BCUT2D eigenvalue weighted by molar-refractivity contribution is -0.125. The summed E-state index contributed by atoms with van der Waals surface area (Å²) in [5.41, 5.74) is 1.18. The molecule has 28 heavy (non-hydrogen) atoms. The lowest BCUT2D eigenvalue weighted by Gasteiger charge is -2.29. The summed E-state index contributed by atoms with van der Waals surface area (Å²) in [5.74, 6) is 1.33. The molecule has 3 aliphatic rings. The van der Waals surface area contributed by atoms with Crippen molar-refractivity contribution in [2.75, 3.05) is 33.3 Å². The standard InChI is InChI=1S/C21H29N3O4/c1-14(25)22-10-20(26)23-9-17-18-12-24(13-21(18)7-6-19(17)28-21)11-15-4-3-5-16(8-15)27-2/h3-5,8,17-19H,6-7,9-13H2,1-2H3,(H,22,25)(H,23,26)/t17-,18+,19+,21+/m0/s1. The highest BCUT2D eigenvalue weighted by molar-refractivity contribution is 5.83. The molecule has 3 saturated heterocycles. The van der Waals surface area contributed by atoms with Crippen molar-refractivity contribution < 1.29 is 19.1 Å². The third-order valence-corrected chi connectivity index (χ3v) is 6.43. The molecule has 152 valence electrons. The Labute approximate surface area is 165 Å². The van der Waals surface area contributed by atoms with Crippen molar-refractivity contribution in [3.63, 3.8) is 0 Å². The van der Waals surface area contributed by atoms with Gasteiger partial charge in [-0.25, -0.2) is 0 Å². The van der Waals surface area contributed by atoms with Crippen LogP contribution in [-0.2, 0) is 20.9 Å². The number of likely N-dealkylation sites (tertiary alicyclic amines) is 1. The summed E-state index contributed by atoms with van der Waals surface area (Å²) in [6.07, 6.45) is 2.41. The largest absolute Gasteiger partial charge is 0.497 e. The highest BCUT2D eigenvalue weighted by Gasteiger charge is 2.62. The quantitative estimate of drug-likeness (QED) is 0.728. The van der Waals surface area contributed by atoms with Gasteiger partial charge in [0, 0.05) is 44.9 Å². The van der Waals surface area contributed by atoms with E-state index < -0.39 is 0 Å². The number of carbonyl (C=O) groups is 2. The second-order valence-electron chi connectivity index (χ2n) is 8.27. The minimum atomic E-state index is -0.193. The molecule has 3 heterocycles. The Hall–Kier alpha value is -2.12. The number of fused-ring (bicyclic) bond motifs is 1. The second kappa shape index (κ2) is 7.72. The summed E-state index contributed by atoms with van der Waals surface area (Å²) >= 11 is 0. The van der Waals surface area contributed by atoms with Crippen LogP contribution in [0.1, 0.15) is 25.3 Å². The molecular weight excluding hydrogens is 358 g/mol. The first kappa shape index (κ1) is 19.2. The van der Waals surface area contributed by atoms with Crippen molar-refractivity contribution in [2.45, 2.75) is 38.0 Å². The molecule has 3 fully saturated rings. The molecule has 1 aromatic carbocycles. The average Bonchev–Trinajstić information content (AvgIpc) is 3.32. The number of methoxy groups -OCH3 is 1. The minimum Gasteiger partial charge on any atom is -0.497 e. The van der Waals surface area contributed by atoms with Gasteiger partial charge in [-0.2, -0.15) is 0 Å². The molecule has 3 aliphatic heterocycles. The number of ether oxygens (including phenoxy) is 2. The van der Waals surface area contributed by atoms with Crippen LogP contribution in [0, 0.1) is 11.8 Å². The van der Waals surface area contributed by atoms with E-state index in [1.165, 1.54) is 12.5 Å². The molecule has 0 unspecified atom stereocenters. The molecule has 0 radical (unpaired) electrons. The predicted molar refractivity (Wildman–Crippen MR) is 104 cm³/mol. The summed E-state index contributed by atoms with van der Waals surface area (Å²) < 4.78 is 11.8. The van der Waals surface area contributed by atoms with Crippen LogP contribution in [0.5, 0.6) is 5.75 Å². The van der Waals surface area contributed by atoms with Crippen molar-refractivity contribution in [1.29, 1.82) is 0 Å². The third kappa shape index (κ3) is 3.73. The molecule has 7 heteroatoms. The molecule has 7 nitrogen and oxygen atoms in total. The normalized spacial score (nSPS) is 30.9. The average molecular weight is 387 g/mol. The zero-order valence-corrected chi connectivity index (χ0v) is 16.6. The monoisotopic (exact) mass is 387 g/mol. The van der Waals surface area contributed by atoms with Gasteiger partial charge < -0.3 is 20.1 Å². The first-order chi connectivity index (χ1) is 13.5. The van der Waals surface area contributed by atoms with E-state index in [0.29, 0.717) is 18.4 Å². The summed E-state index contributed by atoms with van der Waals surface area (Å²) in [5, 5.41) is 5.53. The van der Waals surface area contributed by atoms with E-state index in [1.807, 2.05) is 12.1 Å². The van der Waals surface area contributed by atoms with E-state index >= 15 is 0 Å². The van der Waals surface area contributed by atoms with Gasteiger partial charge in [-0.05, 0) is 30.5 Å². The van der Waals surface area contributed by atoms with Gasteiger partial charge in [0.25, 0.3) is 0 Å². The van der Waals surface area contributed by atoms with Crippen LogP contribution in [0.4, 0.5) is 0 Å². The van der Waals surface area contributed by atoms with E-state index in [-0.39, 0.29) is 30.1 Å². The zero-order valence-electron chi connectivity index (χ0n) is 16.6. The van der Waals surface area contributed by atoms with E-state index in [9.17, 15) is 9.59 Å². The Kier molecular flexibility index (Phi) is 5.29. The van der Waals surface area contributed by atoms with Gasteiger partial charge in [-0.15, -0.1) is 0 Å². The van der Waals surface area contributed by atoms with Crippen LogP contribution in [0.15, 0.2) is 24.3 Å². The van der Waals surface area contributed by atoms with E-state index in [4.69, 9.17) is 9.47 Å². The Morgan fingerprint density at radius 1 is 1.36 bits per heavy atom. The van der Waals surface area contributed by atoms with Crippen molar-refractivity contribution in [1.82, 2.24) is 15.5 Å². The molecule has 1 aromatic rings. The van der Waals surface area contributed by atoms with Gasteiger partial charge in [0.15, 0.2) is 0 Å². The lowest BCUT2D eigenvalue weighted by Crippen LogP contribution is -2.44. The molecule has 2 bridgehead atoms. The van der Waals surface area contributed by atoms with Crippen LogP contribution in [0.3, 0.4) is 0 Å². The van der Waals surface area contributed by atoms with Crippen LogP contribution >= 0.6 is 0 Å². The number of carbonyl (C=O) groups excluding carboxylic acids is 2. The fourth-order valence-corrected chi connectivity index (χ4v) is 5.21. The van der Waals surface area contributed by atoms with Crippen LogP contribution in [0.25, 0.3) is 0 Å². The van der Waals surface area contributed by atoms with Gasteiger partial charge in [-0.3, -0.25) is 14.5 Å². The van der Waals surface area contributed by atoms with Gasteiger partial charge in [0.2, 0.25) is 11.8 Å². The minimum absolute atomic E-state index is 0.0331. The van der Waals surface area contributed by atoms with Crippen LogP contribution in [-0.4, -0.2) is 61.7 Å². The third-order valence-electron chi connectivity index (χ3n) is 6.43. The highest BCUT2D eigenvalue weighted by Crippen LogP contribution is 2.54. The molecular formula is C21H29N3O4. The van der Waals surface area contributed by atoms with Gasteiger partial charge in [0.1, 0.15) is 5.75 Å². The van der Waals surface area contributed by atoms with E-state index in [2.05, 4.69) is 27.7 Å². The van der Waals surface area contributed by atoms with E-state index in [0.717, 1.165) is 38.2 Å². The number of hydrogen-bond acceptors (Lipinski definition) is 5. The Morgan fingerprint density at radius 3 is 3.00 bits per heavy atom. The molecule has 4 atom stereocenters. The Balaban J connectivity index is 1.36. The van der Waals surface area contributed by atoms with Crippen molar-refractivity contribution in [3.8, 4) is 5.75 Å². The van der Waals surface area contributed by atoms with Crippen molar-refractivity contribution in [3.05, 3.63) is 29.8 Å². The highest BCUT2D eigenvalue weighted by atomic mass is 16.5. The molecule has 0 aliphatic carbocycles. The molecule has 4 rings (SSSR count). The van der Waals surface area contributed by atoms with Gasteiger partial charge in [-0.1, -0.05) is 12.1 Å². The van der Waals surface area contributed by atoms with Gasteiger partial charge in [0.05, 0.1) is 25.4 Å². The molecule has 2 amide bonds. The SMILES string of the molecule is COc1cccc(CN2C[C@@H]3[C@H](CNC(=O)CNC(C)=O)[C@H]4CC[C@]3(C2)O4)c1. The summed E-state index contributed by atoms with van der Waals surface area (Å²) in [7, 11) is 1.69. The molecule has 2 N–H and O–H groups in total. The summed E-state index contributed by atoms with van der Waals surface area (Å²) in [6.45, 7) is 4.87. The number of benzene rings is 1. The summed E-state index contributed by atoms with van der Waals surface area (Å²) in [6, 6.07) is 8.21. The Morgan fingerprint density at radius 2 is 2.21 bits per heavy atom. The number of amides is 2. The number of nitrogens with zero attached hydrogens (tertiary/aromatic N) is 1. The fraction of sp³-hybridized carbons (Fsp3) is 0.619. The lowest BCUT2D eigenvalue weighted by atomic mass is 9.73. The van der Waals surface area contributed by atoms with Crippen molar-refractivity contribution >= 4 is 11.8 Å². The van der Waals surface area contributed by atoms with E-state index in [1.54, 1.807) is 7.11 Å². The number of rotatable bonds is 7. The zero-order chi connectivity index (χ0) is 19.7. The van der Waals surface area contributed by atoms with Crippen molar-refractivity contribution in [2.24, 2.45) is 11.8 Å². The topological polar surface area (TPSA) is 79.9 Å². The smallest absolute Gasteiger partial charge is 0.239 e.